The number of benzene rings is 1. The highest BCUT2D eigenvalue weighted by Crippen LogP contribution is 2.42. The van der Waals surface area contributed by atoms with Crippen LogP contribution in [0.2, 0.25) is 0 Å². The molecule has 130 valence electrons. The standard InChI is InChI=1S/C19H16N4O3/c24-17-12-4-3-6-15(16(12)14-5-1-2-9-22(14)17)23-18(25)11-7-8-20-10-13(11)21-19(23)26/h3-4,6-8,10,14H,1-2,5,9H2,(H,21,26). The molecule has 1 fully saturated rings. The summed E-state index contributed by atoms with van der Waals surface area (Å²) in [6, 6.07) is 6.78. The van der Waals surface area contributed by atoms with Crippen molar-refractivity contribution >= 4 is 16.8 Å². The molecule has 1 atom stereocenters. The average Bonchev–Trinajstić information content (AvgIpc) is 2.96. The summed E-state index contributed by atoms with van der Waals surface area (Å²) in [6.07, 6.45) is 5.84. The molecule has 0 aliphatic carbocycles. The fourth-order valence-corrected chi connectivity index (χ4v) is 4.20. The Morgan fingerprint density at radius 2 is 2.00 bits per heavy atom. The van der Waals surface area contributed by atoms with E-state index in [1.807, 2.05) is 4.90 Å². The van der Waals surface area contributed by atoms with Crippen molar-refractivity contribution in [2.75, 3.05) is 6.54 Å². The lowest BCUT2D eigenvalue weighted by molar-refractivity contribution is 0.0672. The molecule has 5 rings (SSSR count). The second-order valence-corrected chi connectivity index (χ2v) is 6.74. The van der Waals surface area contributed by atoms with Gasteiger partial charge in [0.15, 0.2) is 0 Å². The van der Waals surface area contributed by atoms with Crippen LogP contribution in [0.4, 0.5) is 0 Å². The lowest BCUT2D eigenvalue weighted by atomic mass is 9.95. The molecule has 2 aliphatic rings. The summed E-state index contributed by atoms with van der Waals surface area (Å²) >= 11 is 0. The Morgan fingerprint density at radius 1 is 1.12 bits per heavy atom. The van der Waals surface area contributed by atoms with Crippen molar-refractivity contribution in [3.63, 3.8) is 0 Å². The lowest BCUT2D eigenvalue weighted by Crippen LogP contribution is -2.35. The number of pyridine rings is 1. The Kier molecular flexibility index (Phi) is 3.12. The van der Waals surface area contributed by atoms with E-state index in [9.17, 15) is 14.4 Å². The minimum absolute atomic E-state index is 0.0129. The van der Waals surface area contributed by atoms with E-state index in [-0.39, 0.29) is 11.9 Å². The molecule has 1 N–H and O–H groups in total. The van der Waals surface area contributed by atoms with E-state index in [2.05, 4.69) is 9.97 Å². The third-order valence-corrected chi connectivity index (χ3v) is 5.35. The molecule has 2 aliphatic heterocycles. The zero-order valence-corrected chi connectivity index (χ0v) is 13.9. The van der Waals surface area contributed by atoms with Crippen molar-refractivity contribution in [2.45, 2.75) is 25.3 Å². The zero-order chi connectivity index (χ0) is 17.8. The highest BCUT2D eigenvalue weighted by Gasteiger charge is 2.40. The number of carbonyl (C=O) groups is 1. The van der Waals surface area contributed by atoms with Gasteiger partial charge in [-0.2, -0.15) is 0 Å². The first-order valence-electron chi connectivity index (χ1n) is 8.70. The number of hydrogen-bond acceptors (Lipinski definition) is 4. The number of nitrogens with zero attached hydrogens (tertiary/aromatic N) is 3. The molecule has 3 aromatic rings. The van der Waals surface area contributed by atoms with E-state index in [0.717, 1.165) is 29.4 Å². The first-order chi connectivity index (χ1) is 12.7. The topological polar surface area (TPSA) is 88.1 Å². The van der Waals surface area contributed by atoms with Gasteiger partial charge in [0.05, 0.1) is 28.8 Å². The first-order valence-corrected chi connectivity index (χ1v) is 8.70. The number of hydrogen-bond donors (Lipinski definition) is 1. The molecule has 7 nitrogen and oxygen atoms in total. The van der Waals surface area contributed by atoms with E-state index < -0.39 is 11.2 Å². The van der Waals surface area contributed by atoms with Gasteiger partial charge in [0.1, 0.15) is 0 Å². The summed E-state index contributed by atoms with van der Waals surface area (Å²) < 4.78 is 1.15. The van der Waals surface area contributed by atoms with Crippen LogP contribution in [0.1, 0.15) is 41.2 Å². The number of fused-ring (bicyclic) bond motifs is 4. The number of rotatable bonds is 1. The second kappa shape index (κ2) is 5.39. The fourth-order valence-electron chi connectivity index (χ4n) is 4.20. The smallest absolute Gasteiger partial charge is 0.331 e. The molecular weight excluding hydrogens is 332 g/mol. The molecule has 1 aromatic carbocycles. The van der Waals surface area contributed by atoms with Crippen LogP contribution in [-0.4, -0.2) is 31.9 Å². The number of piperidine rings is 1. The maximum atomic E-state index is 13.0. The van der Waals surface area contributed by atoms with Crippen LogP contribution >= 0.6 is 0 Å². The van der Waals surface area contributed by atoms with E-state index in [4.69, 9.17) is 0 Å². The van der Waals surface area contributed by atoms with E-state index in [1.54, 1.807) is 24.3 Å². The Morgan fingerprint density at radius 3 is 2.88 bits per heavy atom. The van der Waals surface area contributed by atoms with Gasteiger partial charge in [-0.3, -0.25) is 14.6 Å². The van der Waals surface area contributed by atoms with Gasteiger partial charge in [-0.25, -0.2) is 9.36 Å². The van der Waals surface area contributed by atoms with Gasteiger partial charge >= 0.3 is 5.69 Å². The Labute approximate surface area is 147 Å². The molecule has 0 radical (unpaired) electrons. The molecule has 4 heterocycles. The Balaban J connectivity index is 1.83. The predicted molar refractivity (Wildman–Crippen MR) is 95.6 cm³/mol. The molecule has 1 saturated heterocycles. The largest absolute Gasteiger partial charge is 0.333 e. The summed E-state index contributed by atoms with van der Waals surface area (Å²) in [4.78, 5) is 47.0. The van der Waals surface area contributed by atoms with Gasteiger partial charge in [-0.1, -0.05) is 6.07 Å². The summed E-state index contributed by atoms with van der Waals surface area (Å²) in [5.41, 5.74) is 1.36. The SMILES string of the molecule is O=C1c2cccc(-n3c(=O)[nH]c4cnccc4c3=O)c2C2CCCCN12. The molecule has 1 amide bonds. The molecule has 7 heteroatoms. The van der Waals surface area contributed by atoms with Gasteiger partial charge < -0.3 is 9.88 Å². The maximum absolute atomic E-state index is 13.0. The minimum atomic E-state index is -0.523. The molecule has 0 spiro atoms. The van der Waals surface area contributed by atoms with Crippen LogP contribution in [0.3, 0.4) is 0 Å². The van der Waals surface area contributed by atoms with Crippen molar-refractivity contribution in [1.29, 1.82) is 0 Å². The van der Waals surface area contributed by atoms with Crippen molar-refractivity contribution in [3.8, 4) is 5.69 Å². The summed E-state index contributed by atoms with van der Waals surface area (Å²) in [6.45, 7) is 0.715. The molecule has 2 aromatic heterocycles. The van der Waals surface area contributed by atoms with Crippen molar-refractivity contribution < 1.29 is 4.79 Å². The highest BCUT2D eigenvalue weighted by molar-refractivity contribution is 6.00. The van der Waals surface area contributed by atoms with Gasteiger partial charge in [-0.05, 0) is 37.5 Å². The number of aromatic amines is 1. The van der Waals surface area contributed by atoms with Crippen LogP contribution in [0.15, 0.2) is 46.2 Å². The van der Waals surface area contributed by atoms with Gasteiger partial charge in [0.2, 0.25) is 0 Å². The Bertz CT molecular complexity index is 1180. The Hall–Kier alpha value is -3.22. The second-order valence-electron chi connectivity index (χ2n) is 6.74. The maximum Gasteiger partial charge on any atom is 0.333 e. The highest BCUT2D eigenvalue weighted by atomic mass is 16.2. The number of nitrogens with one attached hydrogen (secondary N) is 1. The fraction of sp³-hybridized carbons (Fsp3) is 0.263. The minimum Gasteiger partial charge on any atom is -0.331 e. The number of H-pyrrole nitrogens is 1. The quantitative estimate of drug-likeness (QED) is 0.726. The molecule has 0 bridgehead atoms. The van der Waals surface area contributed by atoms with Crippen molar-refractivity contribution in [1.82, 2.24) is 19.4 Å². The number of aromatic nitrogens is 3. The van der Waals surface area contributed by atoms with E-state index >= 15 is 0 Å². The van der Waals surface area contributed by atoms with Crippen LogP contribution < -0.4 is 11.2 Å². The van der Waals surface area contributed by atoms with Crippen LogP contribution in [-0.2, 0) is 0 Å². The summed E-state index contributed by atoms with van der Waals surface area (Å²) in [5, 5.41) is 0.391. The van der Waals surface area contributed by atoms with Crippen LogP contribution in [0.25, 0.3) is 16.6 Å². The van der Waals surface area contributed by atoms with Crippen molar-refractivity contribution in [2.24, 2.45) is 0 Å². The number of amides is 1. The molecule has 0 saturated carbocycles. The summed E-state index contributed by atoms with van der Waals surface area (Å²) in [7, 11) is 0. The lowest BCUT2D eigenvalue weighted by Gasteiger charge is -2.30. The van der Waals surface area contributed by atoms with Crippen molar-refractivity contribution in [3.05, 3.63) is 68.6 Å². The predicted octanol–water partition coefficient (Wildman–Crippen LogP) is 1.75. The van der Waals surface area contributed by atoms with Gasteiger partial charge in [0.25, 0.3) is 11.5 Å². The van der Waals surface area contributed by atoms with E-state index in [1.165, 1.54) is 12.4 Å². The zero-order valence-electron chi connectivity index (χ0n) is 13.9. The first kappa shape index (κ1) is 15.1. The summed E-state index contributed by atoms with van der Waals surface area (Å²) in [5.74, 6) is -0.0129. The van der Waals surface area contributed by atoms with E-state index in [0.29, 0.717) is 28.7 Å². The third kappa shape index (κ3) is 1.94. The number of carbonyl (C=O) groups excluding carboxylic acids is 1. The van der Waals surface area contributed by atoms with Gasteiger partial charge in [-0.15, -0.1) is 0 Å². The van der Waals surface area contributed by atoms with Crippen LogP contribution in [0.5, 0.6) is 0 Å². The molecule has 1 unspecified atom stereocenters. The third-order valence-electron chi connectivity index (χ3n) is 5.35. The normalized spacial score (nSPS) is 18.8. The molecular formula is C19H16N4O3. The van der Waals surface area contributed by atoms with Gasteiger partial charge in [0, 0.05) is 23.9 Å². The average molecular weight is 348 g/mol. The molecule has 26 heavy (non-hydrogen) atoms. The van der Waals surface area contributed by atoms with Crippen LogP contribution in [0, 0.1) is 0 Å². The monoisotopic (exact) mass is 348 g/mol.